The molecule has 3 fully saturated rings. The molecule has 0 saturated heterocycles. The van der Waals surface area contributed by atoms with E-state index in [-0.39, 0.29) is 6.10 Å². The number of hydrogen-bond acceptors (Lipinski definition) is 3. The maximum Gasteiger partial charge on any atom is 0.0591 e. The van der Waals surface area contributed by atoms with Gasteiger partial charge in [0.2, 0.25) is 0 Å². The Labute approximate surface area is 210 Å². The molecule has 3 saturated carbocycles. The van der Waals surface area contributed by atoms with Crippen LogP contribution in [0.15, 0.2) is 23.3 Å². The summed E-state index contributed by atoms with van der Waals surface area (Å²) in [6.07, 6.45) is 21.6. The quantitative estimate of drug-likeness (QED) is 0.307. The van der Waals surface area contributed by atoms with Crippen molar-refractivity contribution in [1.82, 2.24) is 0 Å². The van der Waals surface area contributed by atoms with Crippen LogP contribution >= 0.6 is 0 Å². The van der Waals surface area contributed by atoms with Gasteiger partial charge in [-0.05, 0) is 121 Å². The molecular formula is C31H54O3. The third-order valence-electron chi connectivity index (χ3n) is 9.40. The van der Waals surface area contributed by atoms with E-state index in [1.807, 2.05) is 27.7 Å². The fourth-order valence-corrected chi connectivity index (χ4v) is 7.64. The minimum atomic E-state index is -0.583. The summed E-state index contributed by atoms with van der Waals surface area (Å²) in [6.45, 7) is 10.3. The highest BCUT2D eigenvalue weighted by atomic mass is 16.3. The first kappa shape index (κ1) is 27.9. The first-order valence-electron chi connectivity index (χ1n) is 14.4. The van der Waals surface area contributed by atoms with Crippen molar-refractivity contribution in [2.45, 2.75) is 148 Å². The first-order valence-corrected chi connectivity index (χ1v) is 14.4. The van der Waals surface area contributed by atoms with Gasteiger partial charge in [-0.15, -0.1) is 0 Å². The van der Waals surface area contributed by atoms with Gasteiger partial charge in [-0.1, -0.05) is 55.9 Å². The summed E-state index contributed by atoms with van der Waals surface area (Å²) < 4.78 is 0. The number of hydrogen-bond donors (Lipinski definition) is 3. The van der Waals surface area contributed by atoms with Crippen molar-refractivity contribution in [1.29, 1.82) is 0 Å². The maximum atomic E-state index is 10.3. The number of aliphatic hydroxyl groups is 3. The Morgan fingerprint density at radius 2 is 1.56 bits per heavy atom. The number of fused-ring (bicyclic) bond motifs is 1. The van der Waals surface area contributed by atoms with Crippen LogP contribution in [0.4, 0.5) is 0 Å². The summed E-state index contributed by atoms with van der Waals surface area (Å²) in [4.78, 5) is 0. The molecule has 3 N–H and O–H groups in total. The lowest BCUT2D eigenvalue weighted by Gasteiger charge is -2.45. The van der Waals surface area contributed by atoms with Crippen molar-refractivity contribution < 1.29 is 15.3 Å². The van der Waals surface area contributed by atoms with Gasteiger partial charge in [0.15, 0.2) is 0 Å². The Kier molecular flexibility index (Phi) is 9.54. The summed E-state index contributed by atoms with van der Waals surface area (Å²) in [5, 5.41) is 30.6. The molecule has 34 heavy (non-hydrogen) atoms. The van der Waals surface area contributed by atoms with E-state index >= 15 is 0 Å². The average molecular weight is 475 g/mol. The van der Waals surface area contributed by atoms with Gasteiger partial charge in [0.05, 0.1) is 17.3 Å². The molecule has 4 unspecified atom stereocenters. The third-order valence-corrected chi connectivity index (χ3v) is 9.40. The number of rotatable bonds is 10. The van der Waals surface area contributed by atoms with Crippen molar-refractivity contribution in [3.05, 3.63) is 23.3 Å². The molecule has 0 spiro atoms. The molecule has 0 aromatic rings. The Morgan fingerprint density at radius 3 is 2.15 bits per heavy atom. The van der Waals surface area contributed by atoms with Gasteiger partial charge in [0, 0.05) is 0 Å². The van der Waals surface area contributed by atoms with Gasteiger partial charge in [-0.3, -0.25) is 0 Å². The van der Waals surface area contributed by atoms with Crippen LogP contribution in [0.1, 0.15) is 131 Å². The molecule has 196 valence electrons. The van der Waals surface area contributed by atoms with Gasteiger partial charge in [-0.2, -0.15) is 0 Å². The predicted molar refractivity (Wildman–Crippen MR) is 143 cm³/mol. The van der Waals surface area contributed by atoms with Crippen LogP contribution < -0.4 is 0 Å². The summed E-state index contributed by atoms with van der Waals surface area (Å²) in [7, 11) is 0. The molecule has 0 aromatic carbocycles. The lowest BCUT2D eigenvalue weighted by molar-refractivity contribution is 0.0480. The van der Waals surface area contributed by atoms with Crippen molar-refractivity contribution >= 4 is 0 Å². The third kappa shape index (κ3) is 7.93. The molecule has 3 nitrogen and oxygen atoms in total. The normalized spacial score (nSPS) is 33.1. The monoisotopic (exact) mass is 474 g/mol. The SMILES string of the molecule is CC(C)(O)CCCC(CCCC(C)(C)O)C1CCC2/C(=C/C=C3/CCCC(O)C3)CCCC21C. The summed E-state index contributed by atoms with van der Waals surface area (Å²) in [5.41, 5.74) is 2.31. The Morgan fingerprint density at radius 1 is 0.912 bits per heavy atom. The minimum absolute atomic E-state index is 0.139. The second kappa shape index (κ2) is 11.6. The molecule has 0 radical (unpaired) electrons. The number of aliphatic hydroxyl groups excluding tert-OH is 1. The van der Waals surface area contributed by atoms with E-state index < -0.39 is 11.2 Å². The van der Waals surface area contributed by atoms with Crippen LogP contribution in [0.3, 0.4) is 0 Å². The van der Waals surface area contributed by atoms with Crippen LogP contribution in [0, 0.1) is 23.2 Å². The van der Waals surface area contributed by atoms with Gasteiger partial charge in [0.25, 0.3) is 0 Å². The molecule has 0 bridgehead atoms. The average Bonchev–Trinajstić information content (AvgIpc) is 3.07. The van der Waals surface area contributed by atoms with E-state index in [0.717, 1.165) is 57.3 Å². The van der Waals surface area contributed by atoms with Gasteiger partial charge < -0.3 is 15.3 Å². The van der Waals surface area contributed by atoms with Crippen molar-refractivity contribution in [3.8, 4) is 0 Å². The molecule has 0 aromatic heterocycles. The van der Waals surface area contributed by atoms with Gasteiger partial charge in [-0.25, -0.2) is 0 Å². The topological polar surface area (TPSA) is 60.7 Å². The lowest BCUT2D eigenvalue weighted by Crippen LogP contribution is -2.37. The Balaban J connectivity index is 1.72. The summed E-state index contributed by atoms with van der Waals surface area (Å²) >= 11 is 0. The fraction of sp³-hybridized carbons (Fsp3) is 0.871. The fourth-order valence-electron chi connectivity index (χ4n) is 7.64. The molecule has 3 rings (SSSR count). The zero-order valence-corrected chi connectivity index (χ0v) is 22.9. The summed E-state index contributed by atoms with van der Waals surface area (Å²) in [6, 6.07) is 0. The van der Waals surface area contributed by atoms with E-state index in [9.17, 15) is 15.3 Å². The highest BCUT2D eigenvalue weighted by molar-refractivity contribution is 5.26. The van der Waals surface area contributed by atoms with E-state index in [4.69, 9.17) is 0 Å². The highest BCUT2D eigenvalue weighted by Crippen LogP contribution is 2.60. The van der Waals surface area contributed by atoms with E-state index in [0.29, 0.717) is 17.3 Å². The summed E-state index contributed by atoms with van der Waals surface area (Å²) in [5.74, 6) is 2.13. The molecular weight excluding hydrogens is 420 g/mol. The maximum absolute atomic E-state index is 10.3. The van der Waals surface area contributed by atoms with Crippen LogP contribution in [0.2, 0.25) is 0 Å². The largest absolute Gasteiger partial charge is 0.393 e. The second-order valence-electron chi connectivity index (χ2n) is 13.6. The highest BCUT2D eigenvalue weighted by Gasteiger charge is 2.51. The lowest BCUT2D eigenvalue weighted by atomic mass is 9.60. The number of allylic oxidation sites excluding steroid dienone is 3. The van der Waals surface area contributed by atoms with E-state index in [1.165, 1.54) is 50.5 Å². The first-order chi connectivity index (χ1) is 15.9. The minimum Gasteiger partial charge on any atom is -0.393 e. The molecule has 0 heterocycles. The molecule has 3 aliphatic carbocycles. The van der Waals surface area contributed by atoms with Crippen LogP contribution in [0.5, 0.6) is 0 Å². The van der Waals surface area contributed by atoms with E-state index in [2.05, 4.69) is 19.1 Å². The van der Waals surface area contributed by atoms with Gasteiger partial charge in [0.1, 0.15) is 0 Å². The Hall–Kier alpha value is -0.640. The molecule has 0 amide bonds. The van der Waals surface area contributed by atoms with Crippen LogP contribution in [0.25, 0.3) is 0 Å². The second-order valence-corrected chi connectivity index (χ2v) is 13.6. The van der Waals surface area contributed by atoms with E-state index in [1.54, 1.807) is 5.57 Å². The standard InChI is InChI=1S/C31H54O3/c1-29(2,33)19-7-11-24(12-8-20-30(3,4)34)27-17-18-28-25(13-9-21-31(27,28)5)16-15-23-10-6-14-26(32)22-23/h15-16,24,26-28,32-34H,6-14,17-22H2,1-5H3/b23-15-,25-16+. The van der Waals surface area contributed by atoms with Gasteiger partial charge >= 0.3 is 0 Å². The van der Waals surface area contributed by atoms with Crippen molar-refractivity contribution in [3.63, 3.8) is 0 Å². The molecule has 0 aliphatic heterocycles. The molecule has 3 heteroatoms. The van der Waals surface area contributed by atoms with Crippen molar-refractivity contribution in [2.75, 3.05) is 0 Å². The molecule has 3 aliphatic rings. The zero-order chi connectivity index (χ0) is 25.0. The van der Waals surface area contributed by atoms with Crippen LogP contribution in [-0.4, -0.2) is 32.6 Å². The van der Waals surface area contributed by atoms with Crippen molar-refractivity contribution in [2.24, 2.45) is 23.2 Å². The van der Waals surface area contributed by atoms with Crippen LogP contribution in [-0.2, 0) is 0 Å². The smallest absolute Gasteiger partial charge is 0.0591 e. The Bertz CT molecular complexity index is 687. The molecule has 4 atom stereocenters. The predicted octanol–water partition coefficient (Wildman–Crippen LogP) is 7.49. The zero-order valence-electron chi connectivity index (χ0n) is 22.9.